The summed E-state index contributed by atoms with van der Waals surface area (Å²) in [6, 6.07) is 5.86. The first kappa shape index (κ1) is 28.0. The van der Waals surface area contributed by atoms with Crippen LogP contribution in [-0.4, -0.2) is 105 Å². The number of aliphatic carboxylic acids is 1. The number of benzene rings is 1. The molecule has 13 heteroatoms. The molecule has 0 aromatic heterocycles. The zero-order chi connectivity index (χ0) is 25.4. The molecule has 0 aliphatic carbocycles. The van der Waals surface area contributed by atoms with Crippen LogP contribution in [0.2, 0.25) is 0 Å². The summed E-state index contributed by atoms with van der Waals surface area (Å²) < 4.78 is 37.5. The van der Waals surface area contributed by atoms with Crippen LogP contribution in [0.5, 0.6) is 5.75 Å². The fourth-order valence-corrected chi connectivity index (χ4v) is 5.58. The van der Waals surface area contributed by atoms with E-state index in [1.54, 1.807) is 4.90 Å². The number of nitrogens with one attached hydrogen (secondary N) is 1. The Hall–Kier alpha value is -2.29. The molecular formula is C21H34N4O8S. The van der Waals surface area contributed by atoms with Crippen LogP contribution < -0.4 is 16.0 Å². The van der Waals surface area contributed by atoms with Crippen molar-refractivity contribution in [1.82, 2.24) is 15.1 Å². The number of nitrogens with zero attached hydrogens (tertiary/aromatic N) is 2. The minimum Gasteiger partial charge on any atom is -0.497 e. The third-order valence-corrected chi connectivity index (χ3v) is 8.14. The molecule has 2 fully saturated rings. The number of piperidine rings is 1. The maximum atomic E-state index is 13.6. The van der Waals surface area contributed by atoms with Crippen LogP contribution in [0.15, 0.2) is 29.2 Å². The minimum absolute atomic E-state index is 0.000885. The second-order valence-corrected chi connectivity index (χ2v) is 10.4. The van der Waals surface area contributed by atoms with E-state index in [9.17, 15) is 23.1 Å². The molecule has 2 aliphatic rings. The first-order valence-electron chi connectivity index (χ1n) is 10.9. The lowest BCUT2D eigenvalue weighted by atomic mass is 9.87. The van der Waals surface area contributed by atoms with Crippen LogP contribution in [0.25, 0.3) is 0 Å². The van der Waals surface area contributed by atoms with Gasteiger partial charge in [0.25, 0.3) is 0 Å². The fraction of sp³-hybridized carbons (Fsp3) is 0.619. The molecule has 2 heterocycles. The summed E-state index contributed by atoms with van der Waals surface area (Å²) in [5.41, 5.74) is -1.43. The predicted molar refractivity (Wildman–Crippen MR) is 122 cm³/mol. The van der Waals surface area contributed by atoms with Gasteiger partial charge < -0.3 is 29.6 Å². The number of nitrogens with two attached hydrogens (primary N) is 1. The Balaban J connectivity index is 0.00000199. The van der Waals surface area contributed by atoms with E-state index in [1.807, 2.05) is 11.9 Å². The third kappa shape index (κ3) is 6.64. The van der Waals surface area contributed by atoms with Crippen molar-refractivity contribution in [2.24, 2.45) is 5.90 Å². The number of morpholine rings is 1. The highest BCUT2D eigenvalue weighted by molar-refractivity contribution is 7.92. The molecule has 1 atom stereocenters. The number of hydrogen-bond acceptors (Lipinski definition) is 10. The second-order valence-electron chi connectivity index (χ2n) is 8.24. The van der Waals surface area contributed by atoms with Gasteiger partial charge in [0.05, 0.1) is 31.6 Å². The van der Waals surface area contributed by atoms with Gasteiger partial charge in [0.15, 0.2) is 9.84 Å². The number of carbonyl (C=O) groups is 2. The van der Waals surface area contributed by atoms with E-state index in [0.717, 1.165) is 0 Å². The molecule has 1 unspecified atom stereocenters. The molecule has 12 nitrogen and oxygen atoms in total. The highest BCUT2D eigenvalue weighted by atomic mass is 32.2. The van der Waals surface area contributed by atoms with Crippen LogP contribution in [0.4, 0.5) is 0 Å². The Morgan fingerprint density at radius 3 is 2.21 bits per heavy atom. The highest BCUT2D eigenvalue weighted by Crippen LogP contribution is 2.28. The molecule has 0 saturated carbocycles. The number of amides is 1. The summed E-state index contributed by atoms with van der Waals surface area (Å²) in [4.78, 5) is 28.7. The lowest BCUT2D eigenvalue weighted by molar-refractivity contribution is -0.147. The minimum atomic E-state index is -4.07. The van der Waals surface area contributed by atoms with Gasteiger partial charge in [-0.05, 0) is 44.2 Å². The van der Waals surface area contributed by atoms with Crippen molar-refractivity contribution in [1.29, 1.82) is 0 Å². The van der Waals surface area contributed by atoms with Crippen molar-refractivity contribution in [2.75, 3.05) is 53.6 Å². The van der Waals surface area contributed by atoms with Gasteiger partial charge in [-0.25, -0.2) is 14.3 Å². The van der Waals surface area contributed by atoms with Gasteiger partial charge in [-0.3, -0.25) is 14.9 Å². The molecular weight excluding hydrogens is 468 g/mol. The van der Waals surface area contributed by atoms with Gasteiger partial charge in [0.2, 0.25) is 5.91 Å². The quantitative estimate of drug-likeness (QED) is 0.338. The lowest BCUT2D eigenvalue weighted by Gasteiger charge is -2.40. The summed E-state index contributed by atoms with van der Waals surface area (Å²) in [7, 11) is -0.701. The van der Waals surface area contributed by atoms with Gasteiger partial charge in [0, 0.05) is 26.2 Å². The SMILES string of the molecule is COc1ccc(S(=O)(=O)C(CC(=O)N2CCOCC2)NC2(C(=O)O)CCN(C)CC2)cc1.NO. The Labute approximate surface area is 199 Å². The summed E-state index contributed by atoms with van der Waals surface area (Å²) in [6.07, 6.45) is 0.109. The van der Waals surface area contributed by atoms with Crippen LogP contribution in [-0.2, 0) is 24.2 Å². The smallest absolute Gasteiger partial charge is 0.324 e. The fourth-order valence-electron chi connectivity index (χ4n) is 4.00. The molecule has 1 amide bonds. The molecule has 0 spiro atoms. The number of carboxylic acid groups (broad SMARTS) is 1. The lowest BCUT2D eigenvalue weighted by Crippen LogP contribution is -2.62. The second kappa shape index (κ2) is 12.4. The summed E-state index contributed by atoms with van der Waals surface area (Å²) in [6.45, 7) is 2.55. The number of likely N-dealkylation sites (tertiary alicyclic amines) is 1. The normalized spacial score (nSPS) is 19.5. The van der Waals surface area contributed by atoms with Crippen LogP contribution in [0.3, 0.4) is 0 Å². The maximum absolute atomic E-state index is 13.6. The molecule has 0 bridgehead atoms. The van der Waals surface area contributed by atoms with E-state index >= 15 is 0 Å². The summed E-state index contributed by atoms with van der Waals surface area (Å²) in [5.74, 6) is 2.53. The van der Waals surface area contributed by atoms with Crippen LogP contribution in [0, 0.1) is 0 Å². The number of carbonyl (C=O) groups excluding carboxylic acids is 1. The number of rotatable bonds is 8. The Kier molecular flexibility index (Phi) is 10.2. The average Bonchev–Trinajstić information content (AvgIpc) is 2.86. The molecule has 1 aromatic carbocycles. The molecule has 34 heavy (non-hydrogen) atoms. The van der Waals surface area contributed by atoms with Crippen molar-refractivity contribution in [3.63, 3.8) is 0 Å². The molecule has 3 rings (SSSR count). The number of hydrogen-bond donors (Lipinski definition) is 4. The van der Waals surface area contributed by atoms with Crippen molar-refractivity contribution in [3.8, 4) is 5.75 Å². The van der Waals surface area contributed by atoms with Gasteiger partial charge in [0.1, 0.15) is 16.7 Å². The maximum Gasteiger partial charge on any atom is 0.324 e. The summed E-state index contributed by atoms with van der Waals surface area (Å²) >= 11 is 0. The molecule has 2 aliphatic heterocycles. The van der Waals surface area contributed by atoms with Crippen LogP contribution in [0.1, 0.15) is 19.3 Å². The number of carboxylic acids is 1. The number of methoxy groups -OCH3 is 1. The van der Waals surface area contributed by atoms with Crippen molar-refractivity contribution in [2.45, 2.75) is 35.1 Å². The van der Waals surface area contributed by atoms with Gasteiger partial charge in [-0.15, -0.1) is 0 Å². The molecule has 5 N–H and O–H groups in total. The van der Waals surface area contributed by atoms with Crippen molar-refractivity contribution < 1.29 is 37.8 Å². The largest absolute Gasteiger partial charge is 0.497 e. The number of ether oxygens (including phenoxy) is 2. The molecule has 0 radical (unpaired) electrons. The van der Waals surface area contributed by atoms with Crippen molar-refractivity contribution in [3.05, 3.63) is 24.3 Å². The molecule has 2 saturated heterocycles. The van der Waals surface area contributed by atoms with E-state index in [2.05, 4.69) is 11.2 Å². The first-order valence-corrected chi connectivity index (χ1v) is 12.4. The van der Waals surface area contributed by atoms with Gasteiger partial charge in [-0.1, -0.05) is 0 Å². The zero-order valence-corrected chi connectivity index (χ0v) is 20.3. The Morgan fingerprint density at radius 2 is 1.71 bits per heavy atom. The third-order valence-electron chi connectivity index (χ3n) is 6.17. The Morgan fingerprint density at radius 1 is 1.15 bits per heavy atom. The van der Waals surface area contributed by atoms with Gasteiger partial charge in [-0.2, -0.15) is 0 Å². The van der Waals surface area contributed by atoms with E-state index in [0.29, 0.717) is 45.1 Å². The topological polar surface area (TPSA) is 172 Å². The highest BCUT2D eigenvalue weighted by Gasteiger charge is 2.46. The monoisotopic (exact) mass is 502 g/mol. The van der Waals surface area contributed by atoms with Crippen molar-refractivity contribution >= 4 is 21.7 Å². The van der Waals surface area contributed by atoms with E-state index in [-0.39, 0.29) is 30.1 Å². The molecule has 1 aromatic rings. The van der Waals surface area contributed by atoms with E-state index in [4.69, 9.17) is 14.7 Å². The molecule has 192 valence electrons. The van der Waals surface area contributed by atoms with E-state index < -0.39 is 26.7 Å². The average molecular weight is 503 g/mol. The standard InChI is InChI=1S/C21H31N3O7S.H3NO/c1-23-9-7-21(8-10-23,20(26)27)22-18(15-19(25)24-11-13-31-14-12-24)32(28,29)17-5-3-16(30-2)4-6-17;1-2/h3-6,18,22H,7-15H2,1-2H3,(H,26,27);2H,1H2. The number of sulfone groups is 1. The predicted octanol–water partition coefficient (Wildman–Crippen LogP) is -0.483. The summed E-state index contributed by atoms with van der Waals surface area (Å²) in [5, 5.41) is 18.0. The first-order chi connectivity index (χ1) is 16.2. The van der Waals surface area contributed by atoms with Crippen LogP contribution >= 0.6 is 0 Å². The Bertz CT molecular complexity index is 911. The zero-order valence-electron chi connectivity index (χ0n) is 19.5. The van der Waals surface area contributed by atoms with E-state index in [1.165, 1.54) is 31.4 Å². The van der Waals surface area contributed by atoms with Gasteiger partial charge >= 0.3 is 5.97 Å².